The lowest BCUT2D eigenvalue weighted by atomic mass is 10.2. The fourth-order valence-electron chi connectivity index (χ4n) is 4.15. The lowest BCUT2D eigenvalue weighted by Crippen LogP contribution is -2.50. The summed E-state index contributed by atoms with van der Waals surface area (Å²) < 4.78 is 38.1. The molecule has 1 fully saturated rings. The molecule has 1 aliphatic heterocycles. The van der Waals surface area contributed by atoms with Crippen LogP contribution in [0.15, 0.2) is 53.4 Å². The van der Waals surface area contributed by atoms with Gasteiger partial charge in [-0.1, -0.05) is 18.2 Å². The number of carbonyl (C=O) groups excluding carboxylic acids is 3. The number of benzene rings is 2. The number of thiol groups is 1. The van der Waals surface area contributed by atoms with Crippen LogP contribution in [0.3, 0.4) is 0 Å². The Hall–Kier alpha value is -3.62. The molecular weight excluding hydrogens is 550 g/mol. The molecule has 0 bridgehead atoms. The second-order valence-electron chi connectivity index (χ2n) is 8.61. The molecule has 3 rings (SSSR count). The number of aromatic carboxylic acids is 1. The molecule has 39 heavy (non-hydrogen) atoms. The first-order valence-electron chi connectivity index (χ1n) is 11.8. The molecule has 1 N–H and O–H groups in total. The van der Waals surface area contributed by atoms with Crippen molar-refractivity contribution in [3.05, 3.63) is 54.1 Å². The van der Waals surface area contributed by atoms with Gasteiger partial charge in [-0.2, -0.15) is 16.9 Å². The Labute approximate surface area is 231 Å². The quantitative estimate of drug-likeness (QED) is 0.426. The number of amides is 3. The number of carbonyl (C=O) groups is 4. The molecule has 210 valence electrons. The van der Waals surface area contributed by atoms with E-state index in [2.05, 4.69) is 12.6 Å². The van der Waals surface area contributed by atoms with Crippen molar-refractivity contribution in [3.63, 3.8) is 0 Å². The molecule has 2 atom stereocenters. The largest absolute Gasteiger partial charge is 0.493 e. The van der Waals surface area contributed by atoms with E-state index < -0.39 is 51.7 Å². The Morgan fingerprint density at radius 1 is 1.13 bits per heavy atom. The molecule has 1 saturated heterocycles. The average Bonchev–Trinajstić information content (AvgIpc) is 3.31. The van der Waals surface area contributed by atoms with Crippen molar-refractivity contribution in [2.24, 2.45) is 0 Å². The maximum Gasteiger partial charge on any atom is 0.420 e. The van der Waals surface area contributed by atoms with E-state index in [9.17, 15) is 32.7 Å². The van der Waals surface area contributed by atoms with Crippen LogP contribution in [0.4, 0.5) is 10.5 Å². The average molecular weight is 580 g/mol. The number of para-hydroxylation sites is 1. The predicted octanol–water partition coefficient (Wildman–Crippen LogP) is 2.10. The van der Waals surface area contributed by atoms with Crippen LogP contribution in [0, 0.1) is 0 Å². The van der Waals surface area contributed by atoms with Crippen LogP contribution in [-0.2, 0) is 24.3 Å². The van der Waals surface area contributed by atoms with E-state index in [-0.39, 0.29) is 41.5 Å². The maximum absolute atomic E-state index is 13.6. The second kappa shape index (κ2) is 12.5. The smallest absolute Gasteiger partial charge is 0.420 e. The van der Waals surface area contributed by atoms with Gasteiger partial charge in [-0.15, -0.1) is 0 Å². The summed E-state index contributed by atoms with van der Waals surface area (Å²) in [4.78, 5) is 52.0. The monoisotopic (exact) mass is 579 g/mol. The zero-order valence-electron chi connectivity index (χ0n) is 21.5. The van der Waals surface area contributed by atoms with Gasteiger partial charge in [0, 0.05) is 18.8 Å². The highest BCUT2D eigenvalue weighted by Gasteiger charge is 2.44. The van der Waals surface area contributed by atoms with Crippen molar-refractivity contribution in [1.29, 1.82) is 0 Å². The number of anilines is 1. The highest BCUT2D eigenvalue weighted by Crippen LogP contribution is 2.32. The molecule has 2 aromatic carbocycles. The van der Waals surface area contributed by atoms with Crippen molar-refractivity contribution in [2.45, 2.75) is 29.5 Å². The third kappa shape index (κ3) is 6.52. The number of carboxylic acid groups (broad SMARTS) is 1. The molecule has 3 amide bonds. The van der Waals surface area contributed by atoms with Crippen molar-refractivity contribution in [1.82, 2.24) is 9.21 Å². The van der Waals surface area contributed by atoms with E-state index in [1.807, 2.05) is 0 Å². The highest BCUT2D eigenvalue weighted by molar-refractivity contribution is 7.89. The zero-order valence-corrected chi connectivity index (χ0v) is 23.2. The molecule has 0 aliphatic carbocycles. The second-order valence-corrected chi connectivity index (χ2v) is 11.2. The van der Waals surface area contributed by atoms with Gasteiger partial charge in [0.2, 0.25) is 15.9 Å². The first kappa shape index (κ1) is 29.9. The molecule has 12 nitrogen and oxygen atoms in total. The van der Waals surface area contributed by atoms with E-state index in [4.69, 9.17) is 9.47 Å². The minimum atomic E-state index is -4.34. The number of nitrogens with zero attached hydrogens (tertiary/aromatic N) is 3. The Kier molecular flexibility index (Phi) is 9.59. The van der Waals surface area contributed by atoms with Crippen molar-refractivity contribution < 1.29 is 42.2 Å². The van der Waals surface area contributed by atoms with Crippen molar-refractivity contribution in [2.75, 3.05) is 38.8 Å². The van der Waals surface area contributed by atoms with Crippen LogP contribution in [0.25, 0.3) is 0 Å². The highest BCUT2D eigenvalue weighted by atomic mass is 32.2. The number of hydrogen-bond donors (Lipinski definition) is 2. The number of likely N-dealkylation sites (N-methyl/N-ethyl adjacent to an activating group) is 1. The third-order valence-electron chi connectivity index (χ3n) is 5.98. The minimum Gasteiger partial charge on any atom is -0.493 e. The maximum atomic E-state index is 13.6. The number of hydrogen-bond acceptors (Lipinski definition) is 9. The summed E-state index contributed by atoms with van der Waals surface area (Å²) >= 11 is 4.38. The molecule has 2 unspecified atom stereocenters. The molecule has 0 spiro atoms. The summed E-state index contributed by atoms with van der Waals surface area (Å²) in [5, 5.41) is 9.05. The predicted molar refractivity (Wildman–Crippen MR) is 144 cm³/mol. The topological polar surface area (TPSA) is 151 Å². The van der Waals surface area contributed by atoms with E-state index in [1.54, 1.807) is 25.1 Å². The van der Waals surface area contributed by atoms with Gasteiger partial charge in [0.15, 0.2) is 0 Å². The Bertz CT molecular complexity index is 1350. The standard InChI is InChI=1S/C25H29N3O9S2/c1-4-37-21-11-10-18(13-19(21)24(31)32)39(34,35)27-14-17(38)12-20(27)23(30)26(2)15-22(29)28(25(33)36-3)16-8-6-5-7-9-16/h5-11,13,17,20,38H,4,12,14-15H2,1-3H3,(H,31,32). The molecule has 0 radical (unpaired) electrons. The normalized spacial score (nSPS) is 17.3. The molecule has 14 heteroatoms. The summed E-state index contributed by atoms with van der Waals surface area (Å²) in [6, 6.07) is 10.2. The molecular formula is C25H29N3O9S2. The van der Waals surface area contributed by atoms with E-state index in [0.717, 1.165) is 27.3 Å². The minimum absolute atomic E-state index is 0.0110. The zero-order chi connectivity index (χ0) is 28.9. The van der Waals surface area contributed by atoms with Crippen LogP contribution >= 0.6 is 12.6 Å². The molecule has 2 aromatic rings. The fourth-order valence-corrected chi connectivity index (χ4v) is 6.30. The van der Waals surface area contributed by atoms with Crippen LogP contribution in [0.1, 0.15) is 23.7 Å². The van der Waals surface area contributed by atoms with Gasteiger partial charge in [0.05, 0.1) is 24.3 Å². The number of methoxy groups -OCH3 is 1. The SMILES string of the molecule is CCOc1ccc(S(=O)(=O)N2CC(S)CC2C(=O)N(C)CC(=O)N(C(=O)OC)c2ccccc2)cc1C(=O)O. The van der Waals surface area contributed by atoms with Gasteiger partial charge >= 0.3 is 12.1 Å². The first-order chi connectivity index (χ1) is 18.4. The van der Waals surface area contributed by atoms with Gasteiger partial charge in [0.1, 0.15) is 23.9 Å². The molecule has 0 aromatic heterocycles. The Morgan fingerprint density at radius 3 is 2.38 bits per heavy atom. The Balaban J connectivity index is 1.86. The number of imide groups is 1. The third-order valence-corrected chi connectivity index (χ3v) is 8.22. The fraction of sp³-hybridized carbons (Fsp3) is 0.360. The van der Waals surface area contributed by atoms with Gasteiger partial charge in [0.25, 0.3) is 5.91 Å². The summed E-state index contributed by atoms with van der Waals surface area (Å²) in [7, 11) is -1.91. The van der Waals surface area contributed by atoms with Crippen LogP contribution in [0.5, 0.6) is 5.75 Å². The van der Waals surface area contributed by atoms with E-state index in [0.29, 0.717) is 0 Å². The van der Waals surface area contributed by atoms with Gasteiger partial charge in [-0.05, 0) is 43.7 Å². The van der Waals surface area contributed by atoms with E-state index >= 15 is 0 Å². The molecule has 0 saturated carbocycles. The first-order valence-corrected chi connectivity index (χ1v) is 13.8. The summed E-state index contributed by atoms with van der Waals surface area (Å²) in [6.07, 6.45) is -0.890. The van der Waals surface area contributed by atoms with E-state index in [1.165, 1.54) is 31.3 Å². The Morgan fingerprint density at radius 2 is 1.79 bits per heavy atom. The lowest BCUT2D eigenvalue weighted by molar-refractivity contribution is -0.136. The van der Waals surface area contributed by atoms with Crippen molar-refractivity contribution >= 4 is 52.2 Å². The number of sulfonamides is 1. The van der Waals surface area contributed by atoms with Gasteiger partial charge in [-0.3, -0.25) is 9.59 Å². The number of rotatable bonds is 9. The van der Waals surface area contributed by atoms with Crippen LogP contribution in [-0.4, -0.2) is 91.8 Å². The lowest BCUT2D eigenvalue weighted by Gasteiger charge is -2.28. The van der Waals surface area contributed by atoms with Crippen LogP contribution < -0.4 is 9.64 Å². The van der Waals surface area contributed by atoms with Crippen LogP contribution in [0.2, 0.25) is 0 Å². The summed E-state index contributed by atoms with van der Waals surface area (Å²) in [6.45, 7) is 1.18. The summed E-state index contributed by atoms with van der Waals surface area (Å²) in [5.74, 6) is -2.82. The molecule has 1 aliphatic rings. The van der Waals surface area contributed by atoms with Gasteiger partial charge in [-0.25, -0.2) is 22.9 Å². The summed E-state index contributed by atoms with van der Waals surface area (Å²) in [5.41, 5.74) is -0.102. The van der Waals surface area contributed by atoms with Crippen molar-refractivity contribution in [3.8, 4) is 5.75 Å². The molecule has 1 heterocycles. The van der Waals surface area contributed by atoms with Gasteiger partial charge < -0.3 is 19.5 Å². The number of carboxylic acids is 1. The number of ether oxygens (including phenoxy) is 2.